The third kappa shape index (κ3) is 2.81. The first kappa shape index (κ1) is 15.6. The maximum absolute atomic E-state index is 11.7. The maximum Gasteiger partial charge on any atom is 0.338 e. The number of hydrogen-bond acceptors (Lipinski definition) is 6. The molecule has 0 spiro atoms. The number of methoxy groups -OCH3 is 1. The van der Waals surface area contributed by atoms with Gasteiger partial charge in [-0.3, -0.25) is 9.20 Å². The van der Waals surface area contributed by atoms with Gasteiger partial charge in [-0.25, -0.2) is 9.78 Å². The molecule has 0 aliphatic rings. The fourth-order valence-corrected chi connectivity index (χ4v) is 2.35. The largest absolute Gasteiger partial charge is 0.480 e. The third-order valence-corrected chi connectivity index (χ3v) is 3.43. The van der Waals surface area contributed by atoms with Crippen LogP contribution in [-0.2, 0) is 9.53 Å². The van der Waals surface area contributed by atoms with Crippen molar-refractivity contribution in [3.8, 4) is 11.5 Å². The molecular formula is C16H15N3O5. The van der Waals surface area contributed by atoms with E-state index >= 15 is 0 Å². The first-order valence-corrected chi connectivity index (χ1v) is 7.12. The van der Waals surface area contributed by atoms with Crippen LogP contribution in [-0.4, -0.2) is 40.1 Å². The van der Waals surface area contributed by atoms with Crippen LogP contribution in [0.25, 0.3) is 17.1 Å². The molecule has 0 unspecified atom stereocenters. The molecule has 0 aromatic carbocycles. The van der Waals surface area contributed by atoms with Crippen LogP contribution in [0, 0.1) is 6.92 Å². The van der Waals surface area contributed by atoms with Gasteiger partial charge in [0.15, 0.2) is 5.76 Å². The van der Waals surface area contributed by atoms with Crippen LogP contribution in [0.15, 0.2) is 34.9 Å². The van der Waals surface area contributed by atoms with Crippen molar-refractivity contribution < 1.29 is 23.8 Å². The Morgan fingerprint density at radius 2 is 2.17 bits per heavy atom. The van der Waals surface area contributed by atoms with Crippen molar-refractivity contribution in [3.63, 3.8) is 0 Å². The molecule has 0 radical (unpaired) electrons. The average Bonchev–Trinajstić information content (AvgIpc) is 3.14. The molecule has 3 heterocycles. The molecule has 0 aliphatic heterocycles. The van der Waals surface area contributed by atoms with E-state index in [1.54, 1.807) is 41.8 Å². The number of nitrogens with one attached hydrogen (secondary N) is 1. The topological polar surface area (TPSA) is 106 Å². The number of pyridine rings is 1. The van der Waals surface area contributed by atoms with Gasteiger partial charge in [0.2, 0.25) is 0 Å². The molecular weight excluding hydrogens is 314 g/mol. The van der Waals surface area contributed by atoms with E-state index in [1.807, 2.05) is 0 Å². The zero-order valence-corrected chi connectivity index (χ0v) is 13.1. The van der Waals surface area contributed by atoms with E-state index in [0.717, 1.165) is 0 Å². The lowest BCUT2D eigenvalue weighted by Crippen LogP contribution is -2.14. The SMILES string of the molecule is COC(=O)c1ccn2c(NCC(=O)O)c(-c3ccc(C)o3)nc2c1. The maximum atomic E-state index is 11.7. The van der Waals surface area contributed by atoms with Gasteiger partial charge in [-0.05, 0) is 31.2 Å². The summed E-state index contributed by atoms with van der Waals surface area (Å²) >= 11 is 0. The summed E-state index contributed by atoms with van der Waals surface area (Å²) in [5.74, 6) is 0.206. The van der Waals surface area contributed by atoms with Crippen molar-refractivity contribution in [1.29, 1.82) is 0 Å². The number of carbonyl (C=O) groups is 2. The molecule has 0 saturated heterocycles. The lowest BCUT2D eigenvalue weighted by Gasteiger charge is -2.06. The van der Waals surface area contributed by atoms with Crippen molar-refractivity contribution in [2.24, 2.45) is 0 Å². The Labute approximate surface area is 136 Å². The van der Waals surface area contributed by atoms with E-state index in [4.69, 9.17) is 14.3 Å². The van der Waals surface area contributed by atoms with Gasteiger partial charge in [0.05, 0.1) is 12.7 Å². The Morgan fingerprint density at radius 3 is 2.79 bits per heavy atom. The normalized spacial score (nSPS) is 10.8. The number of fused-ring (bicyclic) bond motifs is 1. The number of rotatable bonds is 5. The highest BCUT2D eigenvalue weighted by Gasteiger charge is 2.18. The highest BCUT2D eigenvalue weighted by molar-refractivity contribution is 5.91. The molecule has 8 heteroatoms. The standard InChI is InChI=1S/C16H15N3O5/c1-9-3-4-11(24-9)14-15(17-8-13(20)21)19-6-5-10(16(22)23-2)7-12(19)18-14/h3-7,17H,8H2,1-2H3,(H,20,21). The van der Waals surface area contributed by atoms with E-state index in [0.29, 0.717) is 34.2 Å². The number of carboxylic acids is 1. The van der Waals surface area contributed by atoms with Crippen molar-refractivity contribution in [2.75, 3.05) is 19.0 Å². The monoisotopic (exact) mass is 329 g/mol. The zero-order valence-electron chi connectivity index (χ0n) is 13.1. The van der Waals surface area contributed by atoms with Gasteiger partial charge in [0, 0.05) is 6.20 Å². The third-order valence-electron chi connectivity index (χ3n) is 3.43. The summed E-state index contributed by atoms with van der Waals surface area (Å²) in [5, 5.41) is 11.8. The van der Waals surface area contributed by atoms with Crippen LogP contribution in [0.2, 0.25) is 0 Å². The van der Waals surface area contributed by atoms with Gasteiger partial charge in [-0.1, -0.05) is 0 Å². The number of aryl methyl sites for hydroxylation is 1. The molecule has 0 bridgehead atoms. The lowest BCUT2D eigenvalue weighted by atomic mass is 10.3. The molecule has 124 valence electrons. The Morgan fingerprint density at radius 1 is 1.38 bits per heavy atom. The summed E-state index contributed by atoms with van der Waals surface area (Å²) in [5.41, 5.74) is 1.28. The molecule has 3 rings (SSSR count). The first-order valence-electron chi connectivity index (χ1n) is 7.12. The number of imidazole rings is 1. The smallest absolute Gasteiger partial charge is 0.338 e. The van der Waals surface area contributed by atoms with Gasteiger partial charge >= 0.3 is 11.9 Å². The number of aromatic nitrogens is 2. The highest BCUT2D eigenvalue weighted by atomic mass is 16.5. The van der Waals surface area contributed by atoms with Crippen molar-refractivity contribution in [1.82, 2.24) is 9.38 Å². The fourth-order valence-electron chi connectivity index (χ4n) is 2.35. The van der Waals surface area contributed by atoms with Gasteiger partial charge in [0.25, 0.3) is 0 Å². The summed E-state index contributed by atoms with van der Waals surface area (Å²) in [4.78, 5) is 27.0. The van der Waals surface area contributed by atoms with Gasteiger partial charge in [0.1, 0.15) is 29.5 Å². The van der Waals surface area contributed by atoms with Gasteiger partial charge < -0.3 is 19.6 Å². The number of carboxylic acid groups (broad SMARTS) is 1. The molecule has 0 saturated carbocycles. The molecule has 0 amide bonds. The van der Waals surface area contributed by atoms with Crippen LogP contribution in [0.1, 0.15) is 16.1 Å². The van der Waals surface area contributed by atoms with E-state index in [2.05, 4.69) is 10.3 Å². The fraction of sp³-hybridized carbons (Fsp3) is 0.188. The minimum absolute atomic E-state index is 0.279. The number of hydrogen-bond donors (Lipinski definition) is 2. The van der Waals surface area contributed by atoms with Gasteiger partial charge in [-0.15, -0.1) is 0 Å². The predicted octanol–water partition coefficient (Wildman–Crippen LogP) is 2.19. The van der Waals surface area contributed by atoms with Crippen LogP contribution >= 0.6 is 0 Å². The summed E-state index contributed by atoms with van der Waals surface area (Å²) < 4.78 is 11.9. The molecule has 0 aliphatic carbocycles. The Bertz CT molecular complexity index is 925. The molecule has 8 nitrogen and oxygen atoms in total. The van der Waals surface area contributed by atoms with Gasteiger partial charge in [-0.2, -0.15) is 0 Å². The number of anilines is 1. The van der Waals surface area contributed by atoms with E-state index in [9.17, 15) is 9.59 Å². The Hall–Kier alpha value is -3.29. The minimum atomic E-state index is -1.00. The van der Waals surface area contributed by atoms with Crippen LogP contribution < -0.4 is 5.32 Å². The molecule has 0 fully saturated rings. The van der Waals surface area contributed by atoms with Crippen molar-refractivity contribution in [2.45, 2.75) is 6.92 Å². The molecule has 3 aromatic heterocycles. The summed E-state index contributed by atoms with van der Waals surface area (Å²) in [6.07, 6.45) is 1.62. The predicted molar refractivity (Wildman–Crippen MR) is 85.1 cm³/mol. The van der Waals surface area contributed by atoms with Crippen molar-refractivity contribution in [3.05, 3.63) is 41.8 Å². The summed E-state index contributed by atoms with van der Waals surface area (Å²) in [6.45, 7) is 1.53. The Balaban J connectivity index is 2.14. The number of carbonyl (C=O) groups excluding carboxylic acids is 1. The molecule has 0 atom stereocenters. The number of nitrogens with zero attached hydrogens (tertiary/aromatic N) is 2. The number of aliphatic carboxylic acids is 1. The number of ether oxygens (including phenoxy) is 1. The van der Waals surface area contributed by atoms with E-state index in [1.165, 1.54) is 7.11 Å². The molecule has 2 N–H and O–H groups in total. The van der Waals surface area contributed by atoms with E-state index < -0.39 is 11.9 Å². The summed E-state index contributed by atoms with van der Waals surface area (Å²) in [7, 11) is 1.30. The number of furan rings is 1. The van der Waals surface area contributed by atoms with Crippen LogP contribution in [0.4, 0.5) is 5.82 Å². The number of esters is 1. The van der Waals surface area contributed by atoms with E-state index in [-0.39, 0.29) is 6.54 Å². The minimum Gasteiger partial charge on any atom is -0.480 e. The highest BCUT2D eigenvalue weighted by Crippen LogP contribution is 2.30. The summed E-state index contributed by atoms with van der Waals surface area (Å²) in [6, 6.07) is 6.69. The van der Waals surface area contributed by atoms with Crippen molar-refractivity contribution >= 4 is 23.4 Å². The zero-order chi connectivity index (χ0) is 17.3. The molecule has 3 aromatic rings. The first-order chi connectivity index (χ1) is 11.5. The van der Waals surface area contributed by atoms with Crippen LogP contribution in [0.5, 0.6) is 0 Å². The lowest BCUT2D eigenvalue weighted by molar-refractivity contribution is -0.134. The molecule has 24 heavy (non-hydrogen) atoms. The van der Waals surface area contributed by atoms with Crippen LogP contribution in [0.3, 0.4) is 0 Å². The second-order valence-electron chi connectivity index (χ2n) is 5.10. The Kier molecular flexibility index (Phi) is 3.95. The second kappa shape index (κ2) is 6.07. The quantitative estimate of drug-likeness (QED) is 0.691. The average molecular weight is 329 g/mol. The second-order valence-corrected chi connectivity index (χ2v) is 5.10.